The van der Waals surface area contributed by atoms with Crippen molar-refractivity contribution in [3.63, 3.8) is 0 Å². The van der Waals surface area contributed by atoms with E-state index < -0.39 is 17.9 Å². The van der Waals surface area contributed by atoms with Crippen molar-refractivity contribution >= 4 is 34.5 Å². The minimum absolute atomic E-state index is 0.211. The molecular formula is C21H26N4O5. The number of nitrogens with zero attached hydrogens (tertiary/aromatic N) is 2. The molecule has 1 unspecified atom stereocenters. The van der Waals surface area contributed by atoms with Crippen LogP contribution in [0.5, 0.6) is 0 Å². The minimum Gasteiger partial charge on any atom is -0.481 e. The van der Waals surface area contributed by atoms with Gasteiger partial charge >= 0.3 is 11.7 Å². The summed E-state index contributed by atoms with van der Waals surface area (Å²) in [6.45, 7) is 0.750. The summed E-state index contributed by atoms with van der Waals surface area (Å²) < 4.78 is 2.98. The quantitative estimate of drug-likeness (QED) is 0.639. The van der Waals surface area contributed by atoms with Crippen LogP contribution in [0.3, 0.4) is 0 Å². The van der Waals surface area contributed by atoms with Gasteiger partial charge < -0.3 is 10.4 Å². The Balaban J connectivity index is 1.51. The number of aliphatic carboxylic acids is 1. The summed E-state index contributed by atoms with van der Waals surface area (Å²) in [6.07, 6.45) is 3.72. The van der Waals surface area contributed by atoms with Gasteiger partial charge in [0.05, 0.1) is 17.0 Å². The second kappa shape index (κ2) is 7.97. The van der Waals surface area contributed by atoms with E-state index in [0.29, 0.717) is 36.2 Å². The van der Waals surface area contributed by atoms with E-state index in [2.05, 4.69) is 10.6 Å². The second-order valence-corrected chi connectivity index (χ2v) is 8.32. The van der Waals surface area contributed by atoms with Crippen molar-refractivity contribution in [1.29, 1.82) is 0 Å². The Morgan fingerprint density at radius 3 is 2.53 bits per heavy atom. The fraction of sp³-hybridized carbons (Fsp3) is 0.524. The zero-order chi connectivity index (χ0) is 21.4. The largest absolute Gasteiger partial charge is 0.481 e. The van der Waals surface area contributed by atoms with Crippen molar-refractivity contribution < 1.29 is 19.5 Å². The topological polar surface area (TPSA) is 122 Å². The number of hydrogen-bond acceptors (Lipinski definition) is 5. The third kappa shape index (κ3) is 3.71. The Labute approximate surface area is 173 Å². The number of amides is 2. The molecule has 1 atom stereocenters. The van der Waals surface area contributed by atoms with Crippen molar-refractivity contribution in [2.75, 3.05) is 11.9 Å². The number of carbonyl (C=O) groups excluding carboxylic acids is 2. The van der Waals surface area contributed by atoms with Gasteiger partial charge in [0.25, 0.3) is 0 Å². The van der Waals surface area contributed by atoms with Crippen LogP contribution >= 0.6 is 0 Å². The number of carboxylic acids is 1. The zero-order valence-corrected chi connectivity index (χ0v) is 16.9. The average molecular weight is 414 g/mol. The molecule has 160 valence electrons. The standard InChI is InChI=1S/C21H26N4O5/c1-24-17-10-14(22-11-12-2-4-13(5-3-12)20(28)29)6-7-15(17)25(21(24)30)16-8-9-18(26)23-19(16)27/h6-7,10,12-13,16,22H,2-5,8-9,11H2,1H3,(H,28,29)(H,23,26,27). The highest BCUT2D eigenvalue weighted by Crippen LogP contribution is 2.30. The molecule has 1 aromatic carbocycles. The Hall–Kier alpha value is -3.10. The van der Waals surface area contributed by atoms with E-state index in [4.69, 9.17) is 5.11 Å². The normalized spacial score (nSPS) is 24.6. The van der Waals surface area contributed by atoms with Gasteiger partial charge in [0.2, 0.25) is 11.8 Å². The number of nitrogens with one attached hydrogen (secondary N) is 2. The molecule has 2 amide bonds. The molecule has 1 aliphatic carbocycles. The number of imide groups is 1. The molecule has 30 heavy (non-hydrogen) atoms. The van der Waals surface area contributed by atoms with Gasteiger partial charge in [-0.2, -0.15) is 0 Å². The third-order valence-corrected chi connectivity index (χ3v) is 6.40. The first kappa shape index (κ1) is 20.2. The number of fused-ring (bicyclic) bond motifs is 1. The first-order valence-corrected chi connectivity index (χ1v) is 10.4. The number of aryl methyl sites for hydroxylation is 1. The highest BCUT2D eigenvalue weighted by Gasteiger charge is 2.31. The van der Waals surface area contributed by atoms with E-state index in [0.717, 1.165) is 25.1 Å². The Morgan fingerprint density at radius 2 is 1.87 bits per heavy atom. The van der Waals surface area contributed by atoms with Crippen LogP contribution < -0.4 is 16.3 Å². The van der Waals surface area contributed by atoms with Gasteiger partial charge in [0.15, 0.2) is 0 Å². The SMILES string of the molecule is Cn1c(=O)n(C2CCC(=O)NC2=O)c2ccc(NCC3CCC(C(=O)O)CC3)cc21. The van der Waals surface area contributed by atoms with E-state index in [-0.39, 0.29) is 23.9 Å². The van der Waals surface area contributed by atoms with Gasteiger partial charge in [-0.3, -0.25) is 28.8 Å². The lowest BCUT2D eigenvalue weighted by atomic mass is 9.82. The van der Waals surface area contributed by atoms with Crippen LogP contribution in [0.25, 0.3) is 11.0 Å². The molecule has 0 spiro atoms. The van der Waals surface area contributed by atoms with Gasteiger partial charge in [0, 0.05) is 25.7 Å². The number of carboxylic acid groups (broad SMARTS) is 1. The molecule has 2 aromatic rings. The van der Waals surface area contributed by atoms with E-state index in [1.807, 2.05) is 18.2 Å². The third-order valence-electron chi connectivity index (χ3n) is 6.40. The summed E-state index contributed by atoms with van der Waals surface area (Å²) in [4.78, 5) is 47.6. The Morgan fingerprint density at radius 1 is 1.13 bits per heavy atom. The predicted octanol–water partition coefficient (Wildman–Crippen LogP) is 1.62. The van der Waals surface area contributed by atoms with Crippen molar-refractivity contribution in [1.82, 2.24) is 14.5 Å². The highest BCUT2D eigenvalue weighted by molar-refractivity contribution is 6.00. The van der Waals surface area contributed by atoms with Gasteiger partial charge in [-0.1, -0.05) is 0 Å². The Kier molecular flexibility index (Phi) is 5.36. The maximum Gasteiger partial charge on any atom is 0.329 e. The van der Waals surface area contributed by atoms with E-state index in [1.165, 1.54) is 9.13 Å². The monoisotopic (exact) mass is 414 g/mol. The molecule has 2 fully saturated rings. The summed E-state index contributed by atoms with van der Waals surface area (Å²) in [5.41, 5.74) is 1.95. The molecule has 0 bridgehead atoms. The first-order valence-electron chi connectivity index (χ1n) is 10.4. The van der Waals surface area contributed by atoms with Crippen LogP contribution in [0, 0.1) is 11.8 Å². The molecule has 1 saturated heterocycles. The van der Waals surface area contributed by atoms with Crippen LogP contribution in [0.1, 0.15) is 44.6 Å². The summed E-state index contributed by atoms with van der Waals surface area (Å²) in [7, 11) is 1.67. The van der Waals surface area contributed by atoms with Crippen LogP contribution in [-0.2, 0) is 21.4 Å². The number of carbonyl (C=O) groups is 3. The van der Waals surface area contributed by atoms with E-state index in [1.54, 1.807) is 7.05 Å². The highest BCUT2D eigenvalue weighted by atomic mass is 16.4. The van der Waals surface area contributed by atoms with Crippen LogP contribution in [0.2, 0.25) is 0 Å². The number of aromatic nitrogens is 2. The molecular weight excluding hydrogens is 388 g/mol. The van der Waals surface area contributed by atoms with Crippen LogP contribution in [0.15, 0.2) is 23.0 Å². The number of hydrogen-bond donors (Lipinski definition) is 3. The van der Waals surface area contributed by atoms with Crippen molar-refractivity contribution in [2.45, 2.75) is 44.6 Å². The average Bonchev–Trinajstić information content (AvgIpc) is 2.97. The van der Waals surface area contributed by atoms with Crippen molar-refractivity contribution in [3.8, 4) is 0 Å². The number of benzene rings is 1. The Bertz CT molecular complexity index is 1060. The molecule has 9 nitrogen and oxygen atoms in total. The molecule has 1 aromatic heterocycles. The number of anilines is 1. The van der Waals surface area contributed by atoms with Crippen molar-refractivity contribution in [3.05, 3.63) is 28.7 Å². The van der Waals surface area contributed by atoms with Gasteiger partial charge in [-0.15, -0.1) is 0 Å². The van der Waals surface area contributed by atoms with Crippen molar-refractivity contribution in [2.24, 2.45) is 18.9 Å². The second-order valence-electron chi connectivity index (χ2n) is 8.32. The van der Waals surface area contributed by atoms with Crippen LogP contribution in [0.4, 0.5) is 5.69 Å². The number of piperidine rings is 1. The van der Waals surface area contributed by atoms with Gasteiger partial charge in [-0.05, 0) is 56.2 Å². The fourth-order valence-corrected chi connectivity index (χ4v) is 4.58. The van der Waals surface area contributed by atoms with Gasteiger partial charge in [-0.25, -0.2) is 4.79 Å². The molecule has 2 aliphatic rings. The first-order chi connectivity index (χ1) is 14.3. The number of imidazole rings is 1. The van der Waals surface area contributed by atoms with E-state index in [9.17, 15) is 19.2 Å². The molecule has 4 rings (SSSR count). The molecule has 1 saturated carbocycles. The van der Waals surface area contributed by atoms with Gasteiger partial charge in [0.1, 0.15) is 6.04 Å². The lowest BCUT2D eigenvalue weighted by Crippen LogP contribution is -2.44. The fourth-order valence-electron chi connectivity index (χ4n) is 4.58. The van der Waals surface area contributed by atoms with E-state index >= 15 is 0 Å². The lowest BCUT2D eigenvalue weighted by molar-refractivity contribution is -0.143. The lowest BCUT2D eigenvalue weighted by Gasteiger charge is -2.26. The maximum absolute atomic E-state index is 12.8. The smallest absolute Gasteiger partial charge is 0.329 e. The minimum atomic E-state index is -0.701. The summed E-state index contributed by atoms with van der Waals surface area (Å²) >= 11 is 0. The summed E-state index contributed by atoms with van der Waals surface area (Å²) in [5, 5.41) is 14.8. The summed E-state index contributed by atoms with van der Waals surface area (Å²) in [6, 6.07) is 4.90. The zero-order valence-electron chi connectivity index (χ0n) is 16.9. The molecule has 9 heteroatoms. The summed E-state index contributed by atoms with van der Waals surface area (Å²) in [5.74, 6) is -1.26. The molecule has 0 radical (unpaired) electrons. The molecule has 1 aliphatic heterocycles. The van der Waals surface area contributed by atoms with Crippen LogP contribution in [-0.4, -0.2) is 38.6 Å². The maximum atomic E-state index is 12.8. The molecule has 3 N–H and O–H groups in total. The predicted molar refractivity (Wildman–Crippen MR) is 110 cm³/mol. The number of rotatable bonds is 5. The molecule has 2 heterocycles.